The van der Waals surface area contributed by atoms with Gasteiger partial charge in [-0.15, -0.1) is 0 Å². The number of hydrogen-bond donors (Lipinski definition) is 1. The van der Waals surface area contributed by atoms with Crippen LogP contribution in [0.15, 0.2) is 121 Å². The summed E-state index contributed by atoms with van der Waals surface area (Å²) in [4.78, 5) is 21.8. The first-order chi connectivity index (χ1) is 26.8. The summed E-state index contributed by atoms with van der Waals surface area (Å²) in [6.45, 7) is 4.31. The highest BCUT2D eigenvalue weighted by Gasteiger charge is 2.42. The number of nitrogens with one attached hydrogen (secondary N) is 1. The Kier molecular flexibility index (Phi) is 10.4. The summed E-state index contributed by atoms with van der Waals surface area (Å²) in [5.74, 6) is 1.01. The SMILES string of the molecule is CCOc1ccc(Nc2ccnc(-c3c(C(F)(F)F)nc4ccccn34)n2)cc1.Cc1ccc(N2C=CC=NC2c2c(C(F)(F)F)nc3ccccn23)cc1Cl. The van der Waals surface area contributed by atoms with E-state index in [1.807, 2.05) is 19.9 Å². The monoisotopic (exact) mass is 789 g/mol. The van der Waals surface area contributed by atoms with E-state index in [9.17, 15) is 26.3 Å². The highest BCUT2D eigenvalue weighted by molar-refractivity contribution is 6.31. The Morgan fingerprint density at radius 3 is 2.16 bits per heavy atom. The second kappa shape index (κ2) is 15.4. The fraction of sp³-hybridized carbons (Fsp3) is 0.154. The van der Waals surface area contributed by atoms with Gasteiger partial charge in [-0.1, -0.05) is 29.8 Å². The number of fused-ring (bicyclic) bond motifs is 2. The van der Waals surface area contributed by atoms with Gasteiger partial charge in [0, 0.05) is 47.4 Å². The Labute approximate surface area is 320 Å². The number of hydrogen-bond acceptors (Lipinski definition) is 8. The van der Waals surface area contributed by atoms with Crippen LogP contribution in [0.2, 0.25) is 5.02 Å². The molecule has 1 unspecified atom stereocenters. The van der Waals surface area contributed by atoms with Crippen LogP contribution in [-0.4, -0.2) is 41.6 Å². The Bertz CT molecular complexity index is 2560. The molecule has 286 valence electrons. The fourth-order valence-electron chi connectivity index (χ4n) is 5.96. The molecule has 0 amide bonds. The average molecular weight is 790 g/mol. The summed E-state index contributed by atoms with van der Waals surface area (Å²) in [5.41, 5.74) is 0.395. The predicted molar refractivity (Wildman–Crippen MR) is 201 cm³/mol. The van der Waals surface area contributed by atoms with Crippen molar-refractivity contribution in [1.82, 2.24) is 28.7 Å². The number of halogens is 7. The third-order valence-electron chi connectivity index (χ3n) is 8.46. The number of benzene rings is 2. The lowest BCUT2D eigenvalue weighted by molar-refractivity contribution is -0.142. The molecule has 1 aliphatic heterocycles. The minimum atomic E-state index is -4.64. The molecule has 2 aromatic carbocycles. The summed E-state index contributed by atoms with van der Waals surface area (Å²) < 4.78 is 89.9. The largest absolute Gasteiger partial charge is 0.494 e. The topological polar surface area (TPSA) is 97.2 Å². The zero-order valence-corrected chi connectivity index (χ0v) is 30.2. The average Bonchev–Trinajstić information content (AvgIpc) is 3.78. The molecule has 0 saturated heterocycles. The van der Waals surface area contributed by atoms with Crippen molar-refractivity contribution >= 4 is 46.3 Å². The first-order valence-corrected chi connectivity index (χ1v) is 17.4. The Hall–Kier alpha value is -6.42. The van der Waals surface area contributed by atoms with Crippen molar-refractivity contribution < 1.29 is 31.1 Å². The molecule has 1 aliphatic rings. The molecule has 56 heavy (non-hydrogen) atoms. The zero-order valence-electron chi connectivity index (χ0n) is 29.5. The molecular weight excluding hydrogens is 760 g/mol. The van der Waals surface area contributed by atoms with Crippen molar-refractivity contribution in [2.45, 2.75) is 32.4 Å². The normalized spacial score (nSPS) is 14.2. The lowest BCUT2D eigenvalue weighted by Crippen LogP contribution is -2.27. The molecular formula is C39H30ClF6N9O. The van der Waals surface area contributed by atoms with Crippen molar-refractivity contribution in [3.05, 3.63) is 143 Å². The van der Waals surface area contributed by atoms with Crippen molar-refractivity contribution in [3.63, 3.8) is 0 Å². The quantitative estimate of drug-likeness (QED) is 0.161. The van der Waals surface area contributed by atoms with Gasteiger partial charge in [0.2, 0.25) is 0 Å². The van der Waals surface area contributed by atoms with Crippen LogP contribution in [0.4, 0.5) is 43.5 Å². The van der Waals surface area contributed by atoms with Crippen molar-refractivity contribution in [2.24, 2.45) is 4.99 Å². The standard InChI is InChI=1S/C20H16F3N5O.C19H14ClF3N4/c1-2-29-14-8-6-13(7-9-14)25-15-10-11-24-19(26-15)17-18(20(21,22)23)27-16-5-3-4-12-28(16)17;1-12-6-7-13(11-14(12)20)26-10-4-8-24-18(26)16-17(19(21,22)23)25-15-5-2-3-9-27(15)16/h3-12H,2H2,1H3,(H,24,25,26);2-11,18H,1H3. The van der Waals surface area contributed by atoms with E-state index in [0.29, 0.717) is 28.8 Å². The number of ether oxygens (including phenoxy) is 1. The Balaban J connectivity index is 0.000000172. The third-order valence-corrected chi connectivity index (χ3v) is 8.87. The van der Waals surface area contributed by atoms with E-state index >= 15 is 0 Å². The third kappa shape index (κ3) is 7.86. The Morgan fingerprint density at radius 1 is 0.804 bits per heavy atom. The molecule has 8 rings (SSSR count). The molecule has 0 saturated carbocycles. The highest BCUT2D eigenvalue weighted by Crippen LogP contribution is 2.40. The molecule has 17 heteroatoms. The number of alkyl halides is 6. The van der Waals surface area contributed by atoms with Gasteiger partial charge in [0.25, 0.3) is 0 Å². The van der Waals surface area contributed by atoms with Crippen LogP contribution in [0.3, 0.4) is 0 Å². The van der Waals surface area contributed by atoms with E-state index < -0.39 is 29.9 Å². The molecule has 10 nitrogen and oxygen atoms in total. The van der Waals surface area contributed by atoms with Gasteiger partial charge in [-0.2, -0.15) is 26.3 Å². The van der Waals surface area contributed by atoms with Gasteiger partial charge in [0.1, 0.15) is 34.2 Å². The van der Waals surface area contributed by atoms with Gasteiger partial charge in [0.15, 0.2) is 23.4 Å². The van der Waals surface area contributed by atoms with E-state index in [0.717, 1.165) is 11.3 Å². The lowest BCUT2D eigenvalue weighted by atomic mass is 10.1. The summed E-state index contributed by atoms with van der Waals surface area (Å²) in [6, 6.07) is 23.7. The maximum absolute atomic E-state index is 13.7. The van der Waals surface area contributed by atoms with Crippen LogP contribution in [-0.2, 0) is 12.4 Å². The molecule has 0 spiro atoms. The van der Waals surface area contributed by atoms with E-state index in [2.05, 4.69) is 30.2 Å². The van der Waals surface area contributed by atoms with Crippen LogP contribution < -0.4 is 15.0 Å². The summed E-state index contributed by atoms with van der Waals surface area (Å²) in [6.07, 6.45) is -0.868. The van der Waals surface area contributed by atoms with Gasteiger partial charge in [-0.05, 0) is 92.2 Å². The molecule has 6 heterocycles. The number of nitrogens with zero attached hydrogens (tertiary/aromatic N) is 8. The van der Waals surface area contributed by atoms with Crippen molar-refractivity contribution in [2.75, 3.05) is 16.8 Å². The maximum atomic E-state index is 13.7. The first kappa shape index (κ1) is 37.9. The van der Waals surface area contributed by atoms with Crippen LogP contribution in [0.25, 0.3) is 22.8 Å². The number of rotatable bonds is 7. The number of pyridine rings is 2. The smallest absolute Gasteiger partial charge is 0.435 e. The number of imidazole rings is 2. The van der Waals surface area contributed by atoms with E-state index in [-0.39, 0.29) is 28.5 Å². The number of aromatic nitrogens is 6. The summed E-state index contributed by atoms with van der Waals surface area (Å²) in [7, 11) is 0. The van der Waals surface area contributed by atoms with E-state index in [1.54, 1.807) is 90.1 Å². The number of aryl methyl sites for hydroxylation is 1. The second-order valence-corrected chi connectivity index (χ2v) is 12.6. The Morgan fingerprint density at radius 2 is 1.48 bits per heavy atom. The van der Waals surface area contributed by atoms with Crippen molar-refractivity contribution in [3.8, 4) is 17.3 Å². The van der Waals surface area contributed by atoms with Gasteiger partial charge >= 0.3 is 12.4 Å². The minimum absolute atomic E-state index is 0.0459. The first-order valence-electron chi connectivity index (χ1n) is 17.0. The molecule has 1 atom stereocenters. The second-order valence-electron chi connectivity index (χ2n) is 12.2. The molecule has 7 aromatic rings. The van der Waals surface area contributed by atoms with E-state index in [4.69, 9.17) is 16.3 Å². The molecule has 5 aromatic heterocycles. The van der Waals surface area contributed by atoms with Crippen molar-refractivity contribution in [1.29, 1.82) is 0 Å². The number of aliphatic imine (C=N–C) groups is 1. The molecule has 0 aliphatic carbocycles. The molecule has 0 fully saturated rings. The molecule has 0 radical (unpaired) electrons. The van der Waals surface area contributed by atoms with Gasteiger partial charge in [0.05, 0.1) is 6.61 Å². The van der Waals surface area contributed by atoms with Crippen LogP contribution in [0.1, 0.15) is 35.7 Å². The van der Waals surface area contributed by atoms with E-state index in [1.165, 1.54) is 39.5 Å². The van der Waals surface area contributed by atoms with Gasteiger partial charge in [-0.25, -0.2) is 19.9 Å². The molecule has 1 N–H and O–H groups in total. The minimum Gasteiger partial charge on any atom is -0.494 e. The number of allylic oxidation sites excluding steroid dienone is 1. The van der Waals surface area contributed by atoms with Crippen LogP contribution in [0, 0.1) is 6.92 Å². The van der Waals surface area contributed by atoms with Gasteiger partial charge in [-0.3, -0.25) is 13.8 Å². The lowest BCUT2D eigenvalue weighted by Gasteiger charge is -2.30. The fourth-order valence-corrected chi connectivity index (χ4v) is 6.13. The predicted octanol–water partition coefficient (Wildman–Crippen LogP) is 10.4. The van der Waals surface area contributed by atoms with Crippen LogP contribution in [0.5, 0.6) is 5.75 Å². The highest BCUT2D eigenvalue weighted by atomic mass is 35.5. The molecule has 0 bridgehead atoms. The zero-order chi connectivity index (χ0) is 39.6. The van der Waals surface area contributed by atoms with Gasteiger partial charge < -0.3 is 15.0 Å². The summed E-state index contributed by atoms with van der Waals surface area (Å²) in [5, 5.41) is 3.60. The maximum Gasteiger partial charge on any atom is 0.435 e. The number of anilines is 3. The summed E-state index contributed by atoms with van der Waals surface area (Å²) >= 11 is 6.22. The van der Waals surface area contributed by atoms with Crippen LogP contribution >= 0.6 is 11.6 Å².